The number of aromatic carboxylic acids is 1. The number of hydrogen-bond acceptors (Lipinski definition) is 4. The van der Waals surface area contributed by atoms with Crippen molar-refractivity contribution in [3.8, 4) is 11.5 Å². The number of ether oxygens (including phenoxy) is 2. The van der Waals surface area contributed by atoms with Crippen molar-refractivity contribution in [2.24, 2.45) is 0 Å². The van der Waals surface area contributed by atoms with Gasteiger partial charge in [0.1, 0.15) is 11.5 Å². The Kier molecular flexibility index (Phi) is 6.38. The van der Waals surface area contributed by atoms with Crippen LogP contribution in [0.1, 0.15) is 10.4 Å². The number of benzene rings is 1. The van der Waals surface area contributed by atoms with Crippen LogP contribution >= 0.6 is 0 Å². The maximum Gasteiger partial charge on any atom is 1.00 e. The van der Waals surface area contributed by atoms with Crippen LogP contribution in [0, 0.1) is 0 Å². The SMILES string of the molecule is COc1cc(OC)cc(C(=O)[O-])c1.[K+]. The van der Waals surface area contributed by atoms with Crippen molar-refractivity contribution in [2.75, 3.05) is 14.2 Å². The van der Waals surface area contributed by atoms with Crippen LogP contribution in [0.15, 0.2) is 18.2 Å². The van der Waals surface area contributed by atoms with Gasteiger partial charge in [-0.25, -0.2) is 0 Å². The van der Waals surface area contributed by atoms with Crippen LogP contribution in [0.4, 0.5) is 0 Å². The minimum absolute atomic E-state index is 0. The largest absolute Gasteiger partial charge is 1.00 e. The van der Waals surface area contributed by atoms with E-state index in [-0.39, 0.29) is 56.9 Å². The van der Waals surface area contributed by atoms with Crippen molar-refractivity contribution < 1.29 is 70.8 Å². The molecule has 0 unspecified atom stereocenters. The fourth-order valence-corrected chi connectivity index (χ4v) is 0.925. The Morgan fingerprint density at radius 2 is 1.57 bits per heavy atom. The summed E-state index contributed by atoms with van der Waals surface area (Å²) < 4.78 is 9.75. The minimum Gasteiger partial charge on any atom is -0.545 e. The van der Waals surface area contributed by atoms with Gasteiger partial charge in [0.2, 0.25) is 0 Å². The molecule has 0 bridgehead atoms. The zero-order valence-electron chi connectivity index (χ0n) is 8.37. The second-order valence-electron chi connectivity index (χ2n) is 2.39. The fraction of sp³-hybridized carbons (Fsp3) is 0.222. The standard InChI is InChI=1S/C9H10O4.K/c1-12-7-3-6(9(10)11)4-8(5-7)13-2;/h3-5H,1-2H3,(H,10,11);/q;+1/p-1. The molecule has 0 N–H and O–H groups in total. The Bertz CT molecular complexity index is 302. The number of carbonyl (C=O) groups excluding carboxylic acids is 1. The van der Waals surface area contributed by atoms with Gasteiger partial charge >= 0.3 is 51.4 Å². The maximum atomic E-state index is 10.5. The summed E-state index contributed by atoms with van der Waals surface area (Å²) >= 11 is 0. The van der Waals surface area contributed by atoms with Gasteiger partial charge in [-0.2, -0.15) is 0 Å². The summed E-state index contributed by atoms with van der Waals surface area (Å²) in [6, 6.07) is 4.34. The quantitative estimate of drug-likeness (QED) is 0.512. The Labute approximate surface area is 125 Å². The Balaban J connectivity index is 0.00000169. The van der Waals surface area contributed by atoms with Gasteiger partial charge in [0.25, 0.3) is 0 Å². The molecule has 0 amide bonds. The van der Waals surface area contributed by atoms with Crippen LogP contribution in [0.25, 0.3) is 0 Å². The molecule has 0 aliphatic heterocycles. The zero-order valence-corrected chi connectivity index (χ0v) is 11.5. The third-order valence-electron chi connectivity index (χ3n) is 1.59. The van der Waals surface area contributed by atoms with Crippen molar-refractivity contribution in [3.05, 3.63) is 23.8 Å². The van der Waals surface area contributed by atoms with Gasteiger partial charge in [-0.3, -0.25) is 0 Å². The molecular weight excluding hydrogens is 211 g/mol. The molecule has 5 heteroatoms. The van der Waals surface area contributed by atoms with Crippen LogP contribution < -0.4 is 66.0 Å². The molecule has 0 atom stereocenters. The van der Waals surface area contributed by atoms with Gasteiger partial charge in [0.05, 0.1) is 20.2 Å². The molecular formula is C9H9KO4. The fourth-order valence-electron chi connectivity index (χ4n) is 0.925. The van der Waals surface area contributed by atoms with Crippen LogP contribution in [-0.2, 0) is 0 Å². The Hall–Kier alpha value is -0.0736. The van der Waals surface area contributed by atoms with Crippen LogP contribution in [0.2, 0.25) is 0 Å². The number of carboxylic acid groups (broad SMARTS) is 1. The first-order valence-corrected chi connectivity index (χ1v) is 3.62. The molecule has 1 aromatic rings. The average Bonchev–Trinajstić information content (AvgIpc) is 2.16. The molecule has 0 aliphatic rings. The molecule has 1 aromatic carbocycles. The van der Waals surface area contributed by atoms with E-state index in [9.17, 15) is 9.90 Å². The van der Waals surface area contributed by atoms with Crippen molar-refractivity contribution in [1.82, 2.24) is 0 Å². The van der Waals surface area contributed by atoms with Crippen molar-refractivity contribution in [2.45, 2.75) is 0 Å². The third kappa shape index (κ3) is 3.59. The second-order valence-corrected chi connectivity index (χ2v) is 2.39. The molecule has 0 saturated carbocycles. The van der Waals surface area contributed by atoms with Gasteiger partial charge in [-0.05, 0) is 12.1 Å². The van der Waals surface area contributed by atoms with E-state index in [2.05, 4.69) is 0 Å². The molecule has 0 fully saturated rings. The van der Waals surface area contributed by atoms with Crippen LogP contribution in [0.3, 0.4) is 0 Å². The van der Waals surface area contributed by atoms with E-state index in [4.69, 9.17) is 9.47 Å². The third-order valence-corrected chi connectivity index (χ3v) is 1.59. The number of hydrogen-bond donors (Lipinski definition) is 0. The summed E-state index contributed by atoms with van der Waals surface area (Å²) in [6.45, 7) is 0. The first-order chi connectivity index (χ1) is 6.17. The van der Waals surface area contributed by atoms with E-state index in [0.29, 0.717) is 11.5 Å². The Morgan fingerprint density at radius 3 is 1.86 bits per heavy atom. The van der Waals surface area contributed by atoms with Crippen LogP contribution in [-0.4, -0.2) is 20.2 Å². The predicted octanol–water partition coefficient (Wildman–Crippen LogP) is -2.93. The van der Waals surface area contributed by atoms with E-state index in [1.165, 1.54) is 26.4 Å². The average molecular weight is 220 g/mol. The summed E-state index contributed by atoms with van der Waals surface area (Å²) in [5.41, 5.74) is 0.0381. The van der Waals surface area contributed by atoms with E-state index in [1.54, 1.807) is 6.07 Å². The van der Waals surface area contributed by atoms with Crippen molar-refractivity contribution in [1.29, 1.82) is 0 Å². The van der Waals surface area contributed by atoms with Crippen molar-refractivity contribution >= 4 is 5.97 Å². The number of carboxylic acids is 1. The summed E-state index contributed by atoms with van der Waals surface area (Å²) in [4.78, 5) is 10.5. The number of carbonyl (C=O) groups is 1. The van der Waals surface area contributed by atoms with E-state index in [0.717, 1.165) is 0 Å². The monoisotopic (exact) mass is 220 g/mol. The predicted molar refractivity (Wildman–Crippen MR) is 43.9 cm³/mol. The zero-order chi connectivity index (χ0) is 9.84. The van der Waals surface area contributed by atoms with E-state index < -0.39 is 5.97 Å². The van der Waals surface area contributed by atoms with E-state index in [1.807, 2.05) is 0 Å². The summed E-state index contributed by atoms with van der Waals surface area (Å²) in [6.07, 6.45) is 0. The van der Waals surface area contributed by atoms with Crippen molar-refractivity contribution in [3.63, 3.8) is 0 Å². The topological polar surface area (TPSA) is 58.6 Å². The first kappa shape index (κ1) is 13.9. The molecule has 70 valence electrons. The van der Waals surface area contributed by atoms with E-state index >= 15 is 0 Å². The Morgan fingerprint density at radius 1 is 1.14 bits per heavy atom. The van der Waals surface area contributed by atoms with Gasteiger partial charge < -0.3 is 19.4 Å². The molecule has 0 spiro atoms. The smallest absolute Gasteiger partial charge is 0.545 e. The first-order valence-electron chi connectivity index (χ1n) is 3.62. The molecule has 0 radical (unpaired) electrons. The molecule has 0 saturated heterocycles. The molecule has 4 nitrogen and oxygen atoms in total. The van der Waals surface area contributed by atoms with Gasteiger partial charge in [-0.15, -0.1) is 0 Å². The molecule has 0 aromatic heterocycles. The molecule has 14 heavy (non-hydrogen) atoms. The van der Waals surface area contributed by atoms with Gasteiger partial charge in [0.15, 0.2) is 0 Å². The maximum absolute atomic E-state index is 10.5. The molecule has 1 rings (SSSR count). The van der Waals surface area contributed by atoms with Gasteiger partial charge in [-0.1, -0.05) is 0 Å². The summed E-state index contributed by atoms with van der Waals surface area (Å²) in [5, 5.41) is 10.5. The van der Waals surface area contributed by atoms with Gasteiger partial charge in [0, 0.05) is 11.6 Å². The molecule has 0 heterocycles. The van der Waals surface area contributed by atoms with Crippen LogP contribution in [0.5, 0.6) is 11.5 Å². The number of methoxy groups -OCH3 is 2. The second kappa shape index (κ2) is 6.42. The normalized spacial score (nSPS) is 8.71. The number of rotatable bonds is 3. The summed E-state index contributed by atoms with van der Waals surface area (Å²) in [7, 11) is 2.90. The summed E-state index contributed by atoms with van der Waals surface area (Å²) in [5.74, 6) is -0.394. The molecule has 0 aliphatic carbocycles. The minimum atomic E-state index is -1.25.